The van der Waals surface area contributed by atoms with E-state index in [9.17, 15) is 0 Å². The maximum absolute atomic E-state index is 5.35. The molecule has 5 nitrogen and oxygen atoms in total. The molecule has 1 aliphatic rings. The molecule has 1 aromatic heterocycles. The van der Waals surface area contributed by atoms with E-state index in [0.717, 1.165) is 33.0 Å². The average Bonchev–Trinajstić information content (AvgIpc) is 3.09. The van der Waals surface area contributed by atoms with Gasteiger partial charge in [0.05, 0.1) is 7.11 Å². The normalized spacial score (nSPS) is 16.1. The van der Waals surface area contributed by atoms with E-state index < -0.39 is 0 Å². The third-order valence-electron chi connectivity index (χ3n) is 3.98. The van der Waals surface area contributed by atoms with Crippen LogP contribution in [0.1, 0.15) is 17.2 Å². The summed E-state index contributed by atoms with van der Waals surface area (Å²) in [5.41, 5.74) is 3.19. The third-order valence-corrected chi connectivity index (χ3v) is 4.47. The Morgan fingerprint density at radius 3 is 2.88 bits per heavy atom. The lowest BCUT2D eigenvalue weighted by Gasteiger charge is -2.24. The van der Waals surface area contributed by atoms with Crippen LogP contribution in [0.15, 0.2) is 65.4 Å². The summed E-state index contributed by atoms with van der Waals surface area (Å²) in [6, 6.07) is 16.1. The molecule has 3 aromatic rings. The minimum atomic E-state index is -0.0483. The second kappa shape index (κ2) is 6.13. The van der Waals surface area contributed by atoms with Crippen molar-refractivity contribution in [2.75, 3.05) is 12.4 Å². The Morgan fingerprint density at radius 2 is 2.04 bits per heavy atom. The number of allylic oxidation sites excluding steroid dienone is 1. The van der Waals surface area contributed by atoms with Gasteiger partial charge in [-0.15, -0.1) is 0 Å². The minimum Gasteiger partial charge on any atom is -0.497 e. The van der Waals surface area contributed by atoms with E-state index in [0.29, 0.717) is 0 Å². The van der Waals surface area contributed by atoms with Gasteiger partial charge in [0.2, 0.25) is 5.95 Å². The minimum absolute atomic E-state index is 0.0483. The van der Waals surface area contributed by atoms with Crippen molar-refractivity contribution >= 4 is 27.6 Å². The molecule has 0 aliphatic carbocycles. The van der Waals surface area contributed by atoms with E-state index >= 15 is 0 Å². The fourth-order valence-electron chi connectivity index (χ4n) is 2.82. The van der Waals surface area contributed by atoms with Crippen molar-refractivity contribution in [2.24, 2.45) is 0 Å². The maximum atomic E-state index is 5.35. The van der Waals surface area contributed by atoms with Crippen LogP contribution in [0.2, 0.25) is 0 Å². The van der Waals surface area contributed by atoms with Crippen LogP contribution in [0.5, 0.6) is 5.75 Å². The molecule has 0 amide bonds. The first kappa shape index (κ1) is 15.0. The fraction of sp³-hybridized carbons (Fsp3) is 0.111. The van der Waals surface area contributed by atoms with Crippen LogP contribution in [0.4, 0.5) is 5.95 Å². The molecule has 0 fully saturated rings. The van der Waals surface area contributed by atoms with Gasteiger partial charge in [0.25, 0.3) is 0 Å². The highest BCUT2D eigenvalue weighted by atomic mass is 79.9. The van der Waals surface area contributed by atoms with Crippen molar-refractivity contribution in [2.45, 2.75) is 6.04 Å². The number of benzene rings is 2. The molecular weight excluding hydrogens is 368 g/mol. The molecule has 0 bridgehead atoms. The maximum Gasteiger partial charge on any atom is 0.226 e. The molecule has 1 unspecified atom stereocenters. The Morgan fingerprint density at radius 1 is 1.17 bits per heavy atom. The number of aromatic nitrogens is 3. The summed E-state index contributed by atoms with van der Waals surface area (Å²) in [6.07, 6.45) is 3.71. The number of methoxy groups -OCH3 is 1. The van der Waals surface area contributed by atoms with Gasteiger partial charge in [-0.3, -0.25) is 0 Å². The highest BCUT2D eigenvalue weighted by molar-refractivity contribution is 9.10. The summed E-state index contributed by atoms with van der Waals surface area (Å²) in [5, 5.41) is 7.71. The number of anilines is 1. The zero-order chi connectivity index (χ0) is 16.5. The van der Waals surface area contributed by atoms with Crippen LogP contribution in [0.3, 0.4) is 0 Å². The number of nitrogens with zero attached hydrogens (tertiary/aromatic N) is 3. The van der Waals surface area contributed by atoms with Gasteiger partial charge in [-0.05, 0) is 41.5 Å². The van der Waals surface area contributed by atoms with Crippen molar-refractivity contribution in [1.29, 1.82) is 0 Å². The summed E-state index contributed by atoms with van der Waals surface area (Å²) in [4.78, 5) is 4.33. The number of hydrogen-bond acceptors (Lipinski definition) is 4. The fourth-order valence-corrected chi connectivity index (χ4v) is 3.22. The van der Waals surface area contributed by atoms with Gasteiger partial charge in [-0.25, -0.2) is 4.68 Å². The average molecular weight is 383 g/mol. The Labute approximate surface area is 148 Å². The van der Waals surface area contributed by atoms with Crippen molar-refractivity contribution in [3.05, 3.63) is 76.5 Å². The van der Waals surface area contributed by atoms with Crippen molar-refractivity contribution in [1.82, 2.24) is 14.8 Å². The number of hydrogen-bond donors (Lipinski definition) is 1. The van der Waals surface area contributed by atoms with Crippen LogP contribution in [-0.4, -0.2) is 21.9 Å². The summed E-state index contributed by atoms with van der Waals surface area (Å²) >= 11 is 3.53. The Kier molecular flexibility index (Phi) is 3.82. The van der Waals surface area contributed by atoms with Gasteiger partial charge < -0.3 is 10.1 Å². The second-order valence-electron chi connectivity index (χ2n) is 5.47. The van der Waals surface area contributed by atoms with Crippen LogP contribution in [-0.2, 0) is 0 Å². The van der Waals surface area contributed by atoms with E-state index in [4.69, 9.17) is 4.74 Å². The largest absolute Gasteiger partial charge is 0.497 e. The van der Waals surface area contributed by atoms with Gasteiger partial charge in [0, 0.05) is 10.2 Å². The molecule has 0 saturated carbocycles. The van der Waals surface area contributed by atoms with Gasteiger partial charge in [-0.1, -0.05) is 40.2 Å². The Balaban J connectivity index is 1.82. The molecule has 24 heavy (non-hydrogen) atoms. The van der Waals surface area contributed by atoms with Crippen LogP contribution >= 0.6 is 15.9 Å². The third kappa shape index (κ3) is 2.69. The number of halogens is 1. The summed E-state index contributed by atoms with van der Waals surface area (Å²) < 4.78 is 8.26. The number of ether oxygens (including phenoxy) is 1. The summed E-state index contributed by atoms with van der Waals surface area (Å²) in [6.45, 7) is 0. The molecular formula is C18H15BrN4O. The smallest absolute Gasteiger partial charge is 0.226 e. The van der Waals surface area contributed by atoms with Crippen molar-refractivity contribution in [3.8, 4) is 5.75 Å². The number of rotatable bonds is 3. The Bertz CT molecular complexity index is 919. The summed E-state index contributed by atoms with van der Waals surface area (Å²) in [5.74, 6) is 1.55. The zero-order valence-corrected chi connectivity index (χ0v) is 14.6. The van der Waals surface area contributed by atoms with Crippen LogP contribution in [0.25, 0.3) is 5.70 Å². The van der Waals surface area contributed by atoms with E-state index in [1.54, 1.807) is 13.4 Å². The predicted molar refractivity (Wildman–Crippen MR) is 96.9 cm³/mol. The lowest BCUT2D eigenvalue weighted by atomic mass is 10.0. The monoisotopic (exact) mass is 382 g/mol. The topological polar surface area (TPSA) is 52.0 Å². The second-order valence-corrected chi connectivity index (χ2v) is 6.38. The lowest BCUT2D eigenvalue weighted by Crippen LogP contribution is -2.20. The highest BCUT2D eigenvalue weighted by Gasteiger charge is 2.23. The standard InChI is InChI=1S/C18H15BrN4O/c1-24-15-7-3-5-13(9-15)17-10-16(12-4-2-6-14(19)8-12)22-18-20-11-21-23(17)18/h2-11,17H,1H3,(H,20,21,22). The Hall–Kier alpha value is -2.60. The van der Waals surface area contributed by atoms with Crippen LogP contribution < -0.4 is 10.1 Å². The molecule has 0 saturated heterocycles. The number of nitrogens with one attached hydrogen (secondary N) is 1. The molecule has 1 atom stereocenters. The highest BCUT2D eigenvalue weighted by Crippen LogP contribution is 2.33. The predicted octanol–water partition coefficient (Wildman–Crippen LogP) is 4.11. The van der Waals surface area contributed by atoms with E-state index in [1.807, 2.05) is 35.0 Å². The first-order chi connectivity index (χ1) is 11.7. The van der Waals surface area contributed by atoms with E-state index in [2.05, 4.69) is 55.6 Å². The molecule has 2 aromatic carbocycles. The molecule has 0 spiro atoms. The molecule has 120 valence electrons. The molecule has 6 heteroatoms. The van der Waals surface area contributed by atoms with Crippen molar-refractivity contribution in [3.63, 3.8) is 0 Å². The van der Waals surface area contributed by atoms with Gasteiger partial charge >= 0.3 is 0 Å². The summed E-state index contributed by atoms with van der Waals surface area (Å²) in [7, 11) is 1.67. The van der Waals surface area contributed by atoms with Gasteiger partial charge in [0.1, 0.15) is 18.1 Å². The van der Waals surface area contributed by atoms with Crippen LogP contribution in [0, 0.1) is 0 Å². The molecule has 1 N–H and O–H groups in total. The van der Waals surface area contributed by atoms with E-state index in [1.165, 1.54) is 0 Å². The SMILES string of the molecule is COc1cccc(C2C=C(c3cccc(Br)c3)Nc3ncnn32)c1. The van der Waals surface area contributed by atoms with Gasteiger partial charge in [-0.2, -0.15) is 10.1 Å². The first-order valence-corrected chi connectivity index (χ1v) is 8.32. The lowest BCUT2D eigenvalue weighted by molar-refractivity contribution is 0.413. The first-order valence-electron chi connectivity index (χ1n) is 7.53. The molecule has 1 aliphatic heterocycles. The van der Waals surface area contributed by atoms with Crippen molar-refractivity contribution < 1.29 is 4.74 Å². The quantitative estimate of drug-likeness (QED) is 0.740. The van der Waals surface area contributed by atoms with E-state index in [-0.39, 0.29) is 6.04 Å². The molecule has 4 rings (SSSR count). The van der Waals surface area contributed by atoms with Gasteiger partial charge in [0.15, 0.2) is 0 Å². The zero-order valence-electron chi connectivity index (χ0n) is 13.0. The number of fused-ring (bicyclic) bond motifs is 1. The molecule has 2 heterocycles. The molecule has 0 radical (unpaired) electrons.